The highest BCUT2D eigenvalue weighted by atomic mass is 35.5. The Morgan fingerprint density at radius 2 is 1.56 bits per heavy atom. The number of nitriles is 1. The lowest BCUT2D eigenvalue weighted by Crippen LogP contribution is -2.31. The van der Waals surface area contributed by atoms with Gasteiger partial charge >= 0.3 is 0 Å². The molecule has 5 rings (SSSR count). The fourth-order valence-electron chi connectivity index (χ4n) is 5.31. The quantitative estimate of drug-likeness (QED) is 0.143. The smallest absolute Gasteiger partial charge is 0.142 e. The average molecular weight is 666 g/mol. The van der Waals surface area contributed by atoms with Gasteiger partial charge < -0.3 is 24.8 Å². The third-order valence-electron chi connectivity index (χ3n) is 7.69. The average Bonchev–Trinajstić information content (AvgIpc) is 3.07. The molecule has 1 aliphatic heterocycles. The van der Waals surface area contributed by atoms with Gasteiger partial charge in [0.2, 0.25) is 0 Å². The zero-order valence-corrected chi connectivity index (χ0v) is 27.2. The third kappa shape index (κ3) is 8.61. The number of halogens is 3. The van der Waals surface area contributed by atoms with Crippen molar-refractivity contribution in [2.45, 2.75) is 45.4 Å². The van der Waals surface area contributed by atoms with Crippen LogP contribution in [-0.2, 0) is 19.8 Å². The van der Waals surface area contributed by atoms with Crippen LogP contribution < -0.4 is 19.9 Å². The lowest BCUT2D eigenvalue weighted by molar-refractivity contribution is 0.205. The second kappa shape index (κ2) is 16.2. The summed E-state index contributed by atoms with van der Waals surface area (Å²) in [5, 5.41) is 10.6. The molecule has 234 valence electrons. The topological polar surface area (TPSA) is 93.6 Å². The van der Waals surface area contributed by atoms with Gasteiger partial charge in [0.1, 0.15) is 36.5 Å². The van der Waals surface area contributed by atoms with Crippen molar-refractivity contribution in [2.24, 2.45) is 5.73 Å². The molecule has 7 nitrogen and oxygen atoms in total. The molecule has 0 aliphatic carbocycles. The monoisotopic (exact) mass is 664 g/mol. The first kappa shape index (κ1) is 32.9. The highest BCUT2D eigenvalue weighted by Crippen LogP contribution is 2.40. The van der Waals surface area contributed by atoms with E-state index in [9.17, 15) is 0 Å². The van der Waals surface area contributed by atoms with E-state index in [0.717, 1.165) is 40.8 Å². The SMILES string of the molecule is N#Cc1cncc(COc2cc(OCc3cccc(-c4cccc(OCCCN5CCCCC5)c4Cl)c3Cl)c(Cl)cc2CN)c1. The van der Waals surface area contributed by atoms with Gasteiger partial charge in [0.15, 0.2) is 0 Å². The highest BCUT2D eigenvalue weighted by molar-refractivity contribution is 6.37. The van der Waals surface area contributed by atoms with Gasteiger partial charge in [-0.2, -0.15) is 5.26 Å². The molecular weight excluding hydrogens is 631 g/mol. The highest BCUT2D eigenvalue weighted by Gasteiger charge is 2.17. The number of hydrogen-bond acceptors (Lipinski definition) is 7. The van der Waals surface area contributed by atoms with Crippen molar-refractivity contribution in [3.05, 3.63) is 104 Å². The summed E-state index contributed by atoms with van der Waals surface area (Å²) >= 11 is 20.3. The van der Waals surface area contributed by atoms with E-state index in [1.807, 2.05) is 36.4 Å². The largest absolute Gasteiger partial charge is 0.492 e. The maximum atomic E-state index is 9.15. The van der Waals surface area contributed by atoms with Crippen LogP contribution in [0, 0.1) is 11.3 Å². The molecule has 0 spiro atoms. The van der Waals surface area contributed by atoms with E-state index in [0.29, 0.717) is 44.5 Å². The van der Waals surface area contributed by atoms with Gasteiger partial charge in [-0.25, -0.2) is 0 Å². The summed E-state index contributed by atoms with van der Waals surface area (Å²) in [6, 6.07) is 18.7. The zero-order chi connectivity index (χ0) is 31.6. The van der Waals surface area contributed by atoms with Crippen molar-refractivity contribution < 1.29 is 14.2 Å². The summed E-state index contributed by atoms with van der Waals surface area (Å²) in [6.45, 7) is 4.56. The Morgan fingerprint density at radius 1 is 0.800 bits per heavy atom. The number of aromatic nitrogens is 1. The van der Waals surface area contributed by atoms with Crippen LogP contribution in [0.4, 0.5) is 0 Å². The molecule has 0 atom stereocenters. The number of likely N-dealkylation sites (tertiary alicyclic amines) is 1. The molecule has 0 amide bonds. The number of ether oxygens (including phenoxy) is 3. The number of rotatable bonds is 13. The second-order valence-corrected chi connectivity index (χ2v) is 12.0. The Labute approximate surface area is 279 Å². The van der Waals surface area contributed by atoms with Gasteiger partial charge in [-0.05, 0) is 50.6 Å². The van der Waals surface area contributed by atoms with Crippen LogP contribution in [0.15, 0.2) is 67.0 Å². The molecule has 0 bridgehead atoms. The van der Waals surface area contributed by atoms with Crippen molar-refractivity contribution in [1.82, 2.24) is 9.88 Å². The van der Waals surface area contributed by atoms with Gasteiger partial charge in [-0.1, -0.05) is 71.6 Å². The second-order valence-electron chi connectivity index (χ2n) is 10.9. The van der Waals surface area contributed by atoms with Crippen LogP contribution in [0.1, 0.15) is 47.9 Å². The molecule has 2 heterocycles. The van der Waals surface area contributed by atoms with Crippen molar-refractivity contribution in [1.29, 1.82) is 5.26 Å². The lowest BCUT2D eigenvalue weighted by Gasteiger charge is -2.26. The van der Waals surface area contributed by atoms with Gasteiger partial charge in [0, 0.05) is 59.4 Å². The van der Waals surface area contributed by atoms with Crippen LogP contribution >= 0.6 is 34.8 Å². The molecule has 1 aliphatic rings. The summed E-state index contributed by atoms with van der Waals surface area (Å²) in [5.41, 5.74) is 10.2. The van der Waals surface area contributed by atoms with E-state index in [1.54, 1.807) is 24.4 Å². The van der Waals surface area contributed by atoms with Crippen molar-refractivity contribution in [3.8, 4) is 34.4 Å². The Morgan fingerprint density at radius 3 is 2.33 bits per heavy atom. The number of piperidine rings is 1. The van der Waals surface area contributed by atoms with Gasteiger partial charge in [0.25, 0.3) is 0 Å². The van der Waals surface area contributed by atoms with E-state index in [-0.39, 0.29) is 19.8 Å². The van der Waals surface area contributed by atoms with E-state index >= 15 is 0 Å². The van der Waals surface area contributed by atoms with Gasteiger partial charge in [-0.3, -0.25) is 4.98 Å². The minimum atomic E-state index is 0.159. The van der Waals surface area contributed by atoms with Crippen LogP contribution in [0.3, 0.4) is 0 Å². The first-order chi connectivity index (χ1) is 22.0. The number of pyridine rings is 1. The predicted octanol–water partition coefficient (Wildman–Crippen LogP) is 8.45. The van der Waals surface area contributed by atoms with Gasteiger partial charge in [-0.15, -0.1) is 0 Å². The molecule has 0 radical (unpaired) electrons. The molecule has 1 saturated heterocycles. The van der Waals surface area contributed by atoms with E-state index in [2.05, 4.69) is 16.0 Å². The molecule has 2 N–H and O–H groups in total. The Bertz CT molecular complexity index is 1650. The van der Waals surface area contributed by atoms with Crippen LogP contribution in [-0.4, -0.2) is 36.1 Å². The van der Waals surface area contributed by atoms with E-state index in [1.165, 1.54) is 38.5 Å². The fourth-order valence-corrected chi connectivity index (χ4v) is 6.11. The summed E-state index contributed by atoms with van der Waals surface area (Å²) in [6.07, 6.45) is 7.98. The Kier molecular flexibility index (Phi) is 11.8. The molecule has 45 heavy (non-hydrogen) atoms. The number of nitrogens with two attached hydrogens (primary N) is 1. The summed E-state index contributed by atoms with van der Waals surface area (Å²) in [7, 11) is 0. The van der Waals surface area contributed by atoms with Gasteiger partial charge in [0.05, 0.1) is 27.2 Å². The standard InChI is InChI=1S/C35H35Cl3N4O3/c36-30-16-27(19-40)32(44-22-25-15-24(18-39)20-41-21-25)17-33(30)45-23-26-7-4-8-28(34(26)37)29-9-5-10-31(35(29)38)43-14-6-13-42-11-2-1-3-12-42/h4-5,7-10,15-17,20-21H,1-3,6,11-14,19,22-23,40H2. The molecule has 1 fully saturated rings. The fraction of sp³-hybridized carbons (Fsp3) is 0.314. The predicted molar refractivity (Wildman–Crippen MR) is 179 cm³/mol. The summed E-state index contributed by atoms with van der Waals surface area (Å²) < 4.78 is 18.3. The maximum absolute atomic E-state index is 9.15. The summed E-state index contributed by atoms with van der Waals surface area (Å²) in [4.78, 5) is 6.58. The Balaban J connectivity index is 1.26. The van der Waals surface area contributed by atoms with Crippen LogP contribution in [0.25, 0.3) is 11.1 Å². The summed E-state index contributed by atoms with van der Waals surface area (Å²) in [5.74, 6) is 1.59. The third-order valence-corrected chi connectivity index (χ3v) is 8.83. The van der Waals surface area contributed by atoms with E-state index in [4.69, 9.17) is 60.0 Å². The molecule has 1 aromatic heterocycles. The molecular formula is C35H35Cl3N4O3. The normalized spacial score (nSPS) is 13.3. The number of hydrogen-bond donors (Lipinski definition) is 1. The minimum absolute atomic E-state index is 0.159. The molecule has 10 heteroatoms. The first-order valence-electron chi connectivity index (χ1n) is 15.0. The van der Waals surface area contributed by atoms with Crippen molar-refractivity contribution >= 4 is 34.8 Å². The molecule has 0 saturated carbocycles. The minimum Gasteiger partial charge on any atom is -0.492 e. The zero-order valence-electron chi connectivity index (χ0n) is 24.9. The van der Waals surface area contributed by atoms with Crippen molar-refractivity contribution in [3.63, 3.8) is 0 Å². The molecule has 0 unspecified atom stereocenters. The number of benzene rings is 3. The number of nitrogens with zero attached hydrogens (tertiary/aromatic N) is 3. The molecule has 4 aromatic rings. The lowest BCUT2D eigenvalue weighted by atomic mass is 10.0. The maximum Gasteiger partial charge on any atom is 0.142 e. The van der Waals surface area contributed by atoms with Crippen LogP contribution in [0.5, 0.6) is 17.2 Å². The van der Waals surface area contributed by atoms with Crippen LogP contribution in [0.2, 0.25) is 15.1 Å². The molecule has 3 aromatic carbocycles. The van der Waals surface area contributed by atoms with E-state index < -0.39 is 0 Å². The van der Waals surface area contributed by atoms with Crippen molar-refractivity contribution in [2.75, 3.05) is 26.2 Å². The Hall–Kier alpha value is -3.51. The first-order valence-corrected chi connectivity index (χ1v) is 16.1.